The van der Waals surface area contributed by atoms with Crippen molar-refractivity contribution >= 4 is 12.2 Å². The third kappa shape index (κ3) is 1.83. The van der Waals surface area contributed by atoms with Gasteiger partial charge in [-0.05, 0) is 0 Å². The van der Waals surface area contributed by atoms with E-state index < -0.39 is 30.7 Å². The normalized spacial score (nSPS) is 36.5. The van der Waals surface area contributed by atoms with Gasteiger partial charge in [-0.2, -0.15) is 0 Å². The number of aliphatic imine (C=N–C) groups is 1. The molecule has 1 aromatic rings. The zero-order valence-corrected chi connectivity index (χ0v) is 10.9. The van der Waals surface area contributed by atoms with Gasteiger partial charge in [-0.25, -0.2) is 9.98 Å². The molecule has 0 spiro atoms. The Kier molecular flexibility index (Phi) is 3.22. The molecule has 1 aromatic heterocycles. The lowest BCUT2D eigenvalue weighted by atomic mass is 10.1. The summed E-state index contributed by atoms with van der Waals surface area (Å²) in [6, 6.07) is 0. The summed E-state index contributed by atoms with van der Waals surface area (Å²) in [4.78, 5) is 10.1. The molecule has 0 bridgehead atoms. The third-order valence-corrected chi connectivity index (χ3v) is 3.67. The van der Waals surface area contributed by atoms with Crippen molar-refractivity contribution in [1.29, 1.82) is 0 Å². The average molecular weight is 283 g/mol. The van der Waals surface area contributed by atoms with Crippen molar-refractivity contribution in [3.8, 4) is 0 Å². The van der Waals surface area contributed by atoms with Crippen molar-refractivity contribution in [1.82, 2.24) is 14.5 Å². The highest BCUT2D eigenvalue weighted by Crippen LogP contribution is 2.36. The fourth-order valence-electron chi connectivity index (χ4n) is 2.42. The number of imidazole rings is 1. The Labute approximate surface area is 114 Å². The number of aromatic nitrogens is 2. The highest BCUT2D eigenvalue weighted by Gasteiger charge is 2.44. The molecule has 5 atom stereocenters. The van der Waals surface area contributed by atoms with Crippen LogP contribution >= 0.6 is 0 Å². The molecule has 2 aliphatic rings. The minimum atomic E-state index is -1.17. The molecular weight excluding hydrogens is 266 g/mol. The Hall–Kier alpha value is -1.52. The summed E-state index contributed by atoms with van der Waals surface area (Å²) in [6.45, 7) is -0.378. The van der Waals surface area contributed by atoms with Gasteiger partial charge in [0.2, 0.25) is 0 Å². The van der Waals surface area contributed by atoms with Crippen molar-refractivity contribution in [2.75, 3.05) is 13.7 Å². The first-order valence-corrected chi connectivity index (χ1v) is 6.25. The molecule has 0 aliphatic carbocycles. The van der Waals surface area contributed by atoms with Gasteiger partial charge in [0.05, 0.1) is 19.3 Å². The standard InChI is InChI=1S/C11H17N5O4/c1-15-3-14-10-6(9(15)12)13-4-16(10)11-8(19)7(18)5(2-17)20-11/h3-5,7-9,11,17-19H,2,12H2,1H3/t5-,7-,8-,9?,11-/m1/s1. The quantitative estimate of drug-likeness (QED) is 0.496. The van der Waals surface area contributed by atoms with Crippen molar-refractivity contribution in [3.05, 3.63) is 12.0 Å². The molecule has 5 N–H and O–H groups in total. The van der Waals surface area contributed by atoms with E-state index >= 15 is 0 Å². The first-order chi connectivity index (χ1) is 9.54. The van der Waals surface area contributed by atoms with Crippen molar-refractivity contribution in [2.45, 2.75) is 30.7 Å². The number of aliphatic hydroxyl groups is 3. The van der Waals surface area contributed by atoms with Crippen LogP contribution in [-0.2, 0) is 4.74 Å². The lowest BCUT2D eigenvalue weighted by Crippen LogP contribution is -2.34. The second-order valence-electron chi connectivity index (χ2n) is 4.94. The Morgan fingerprint density at radius 2 is 2.15 bits per heavy atom. The van der Waals surface area contributed by atoms with Gasteiger partial charge >= 0.3 is 0 Å². The van der Waals surface area contributed by atoms with E-state index in [1.807, 2.05) is 0 Å². The third-order valence-electron chi connectivity index (χ3n) is 3.67. The van der Waals surface area contributed by atoms with Crippen LogP contribution in [0.1, 0.15) is 18.1 Å². The maximum Gasteiger partial charge on any atom is 0.165 e. The van der Waals surface area contributed by atoms with E-state index in [-0.39, 0.29) is 6.61 Å². The van der Waals surface area contributed by atoms with E-state index in [1.165, 1.54) is 10.9 Å². The lowest BCUT2D eigenvalue weighted by Gasteiger charge is -2.26. The molecule has 9 heteroatoms. The Morgan fingerprint density at radius 1 is 1.40 bits per heavy atom. The topological polar surface area (TPSA) is 129 Å². The number of nitrogens with two attached hydrogens (primary N) is 1. The highest BCUT2D eigenvalue weighted by molar-refractivity contribution is 5.65. The van der Waals surface area contributed by atoms with Crippen LogP contribution in [0.4, 0.5) is 5.82 Å². The van der Waals surface area contributed by atoms with E-state index in [0.29, 0.717) is 11.5 Å². The summed E-state index contributed by atoms with van der Waals surface area (Å²) >= 11 is 0. The van der Waals surface area contributed by atoms with E-state index in [0.717, 1.165) is 0 Å². The fourth-order valence-corrected chi connectivity index (χ4v) is 2.42. The van der Waals surface area contributed by atoms with Crippen molar-refractivity contribution in [3.63, 3.8) is 0 Å². The average Bonchev–Trinajstić information content (AvgIpc) is 2.98. The predicted molar refractivity (Wildman–Crippen MR) is 68.1 cm³/mol. The molecule has 1 unspecified atom stereocenters. The molecule has 3 heterocycles. The lowest BCUT2D eigenvalue weighted by molar-refractivity contribution is -0.0520. The second kappa shape index (κ2) is 4.79. The molecule has 1 fully saturated rings. The summed E-state index contributed by atoms with van der Waals surface area (Å²) in [7, 11) is 1.78. The minimum Gasteiger partial charge on any atom is -0.394 e. The molecule has 20 heavy (non-hydrogen) atoms. The van der Waals surface area contributed by atoms with Crippen LogP contribution < -0.4 is 5.73 Å². The largest absolute Gasteiger partial charge is 0.394 e. The zero-order valence-electron chi connectivity index (χ0n) is 10.9. The summed E-state index contributed by atoms with van der Waals surface area (Å²) in [5, 5.41) is 28.9. The minimum absolute atomic E-state index is 0.378. The van der Waals surface area contributed by atoms with Gasteiger partial charge < -0.3 is 30.7 Å². The molecule has 0 saturated carbocycles. The first-order valence-electron chi connectivity index (χ1n) is 6.25. The van der Waals surface area contributed by atoms with E-state index in [1.54, 1.807) is 18.3 Å². The fraction of sp³-hybridized carbons (Fsp3) is 0.636. The highest BCUT2D eigenvalue weighted by atomic mass is 16.6. The van der Waals surface area contributed by atoms with Crippen LogP contribution in [0.15, 0.2) is 11.3 Å². The maximum atomic E-state index is 10.0. The van der Waals surface area contributed by atoms with Crippen LogP contribution in [0.2, 0.25) is 0 Å². The number of ether oxygens (including phenoxy) is 1. The SMILES string of the molecule is CN1C=Nc2c(ncn2[C@@H]2O[C@H](CO)[C@@H](O)[C@H]2O)C1N. The molecule has 0 radical (unpaired) electrons. The number of rotatable bonds is 2. The van der Waals surface area contributed by atoms with E-state index in [4.69, 9.17) is 15.6 Å². The molecule has 9 nitrogen and oxygen atoms in total. The molecule has 1 saturated heterocycles. The predicted octanol–water partition coefficient (Wildman–Crippen LogP) is -1.94. The summed E-state index contributed by atoms with van der Waals surface area (Å²) in [5.41, 5.74) is 6.55. The van der Waals surface area contributed by atoms with Crippen LogP contribution in [0.25, 0.3) is 0 Å². The summed E-state index contributed by atoms with van der Waals surface area (Å²) < 4.78 is 6.97. The Balaban J connectivity index is 1.95. The van der Waals surface area contributed by atoms with Gasteiger partial charge in [-0.15, -0.1) is 0 Å². The van der Waals surface area contributed by atoms with Crippen LogP contribution in [0.3, 0.4) is 0 Å². The first kappa shape index (κ1) is 13.5. The van der Waals surface area contributed by atoms with Gasteiger partial charge in [0.15, 0.2) is 12.0 Å². The maximum absolute atomic E-state index is 10.0. The van der Waals surface area contributed by atoms with Crippen molar-refractivity contribution < 1.29 is 20.1 Å². The van der Waals surface area contributed by atoms with Gasteiger partial charge in [0, 0.05) is 7.05 Å². The van der Waals surface area contributed by atoms with Gasteiger partial charge in [0.25, 0.3) is 0 Å². The summed E-state index contributed by atoms with van der Waals surface area (Å²) in [5.74, 6) is 0.477. The molecule has 0 aromatic carbocycles. The molecular formula is C11H17N5O4. The Morgan fingerprint density at radius 3 is 2.80 bits per heavy atom. The van der Waals surface area contributed by atoms with E-state index in [2.05, 4.69) is 9.98 Å². The van der Waals surface area contributed by atoms with Crippen LogP contribution in [-0.4, -0.2) is 68.1 Å². The molecule has 2 aliphatic heterocycles. The monoisotopic (exact) mass is 283 g/mol. The molecule has 3 rings (SSSR count). The van der Waals surface area contributed by atoms with Gasteiger partial charge in [0.1, 0.15) is 30.2 Å². The number of fused-ring (bicyclic) bond motifs is 1. The van der Waals surface area contributed by atoms with E-state index in [9.17, 15) is 10.2 Å². The smallest absolute Gasteiger partial charge is 0.165 e. The second-order valence-corrected chi connectivity index (χ2v) is 4.94. The number of aliphatic hydroxyl groups excluding tert-OH is 3. The van der Waals surface area contributed by atoms with Gasteiger partial charge in [-0.3, -0.25) is 4.57 Å². The van der Waals surface area contributed by atoms with Crippen LogP contribution in [0.5, 0.6) is 0 Å². The molecule has 110 valence electrons. The van der Waals surface area contributed by atoms with Gasteiger partial charge in [-0.1, -0.05) is 0 Å². The number of nitrogens with zero attached hydrogens (tertiary/aromatic N) is 4. The summed E-state index contributed by atoms with van der Waals surface area (Å²) in [6.07, 6.45) is -1.43. The van der Waals surface area contributed by atoms with Crippen LogP contribution in [0, 0.1) is 0 Å². The van der Waals surface area contributed by atoms with Crippen molar-refractivity contribution in [2.24, 2.45) is 10.7 Å². The number of hydrogen-bond donors (Lipinski definition) is 4. The number of hydrogen-bond acceptors (Lipinski definition) is 8. The zero-order chi connectivity index (χ0) is 14.4. The Bertz CT molecular complexity index is 533. The molecule has 0 amide bonds.